The molecule has 0 radical (unpaired) electrons. The van der Waals surface area contributed by atoms with E-state index in [1.54, 1.807) is 4.90 Å². The molecule has 2 aliphatic rings. The van der Waals surface area contributed by atoms with Gasteiger partial charge in [-0.05, 0) is 69.6 Å². The number of likely N-dealkylation sites (N-methyl/N-ethyl adjacent to an activating group) is 1. The number of carbonyl (C=O) groups is 2. The average Bonchev–Trinajstić information content (AvgIpc) is 3.27. The zero-order chi connectivity index (χ0) is 24.4. The summed E-state index contributed by atoms with van der Waals surface area (Å²) in [7, 11) is 3.91. The van der Waals surface area contributed by atoms with Crippen LogP contribution in [0.2, 0.25) is 0 Å². The van der Waals surface area contributed by atoms with Crippen molar-refractivity contribution in [3.05, 3.63) is 36.0 Å². The molecule has 0 saturated heterocycles. The number of amides is 2. The molecule has 1 aliphatic carbocycles. The van der Waals surface area contributed by atoms with E-state index >= 15 is 0 Å². The summed E-state index contributed by atoms with van der Waals surface area (Å²) in [6.45, 7) is 1.32. The summed E-state index contributed by atoms with van der Waals surface area (Å²) in [6.07, 6.45) is 6.45. The second-order valence-electron chi connectivity index (χ2n) is 9.51. The molecule has 1 aromatic carbocycles. The summed E-state index contributed by atoms with van der Waals surface area (Å²) in [5.41, 5.74) is 3.42. The van der Waals surface area contributed by atoms with Gasteiger partial charge in [0, 0.05) is 43.1 Å². The van der Waals surface area contributed by atoms with Crippen molar-refractivity contribution < 1.29 is 9.59 Å². The first-order chi connectivity index (χ1) is 17.0. The molecule has 1 saturated carbocycles. The molecule has 3 aromatic rings. The minimum absolute atomic E-state index is 0.0227. The van der Waals surface area contributed by atoms with Crippen LogP contribution in [0.15, 0.2) is 30.5 Å². The summed E-state index contributed by atoms with van der Waals surface area (Å²) in [6, 6.07) is 8.25. The Bertz CT molecular complexity index is 1230. The van der Waals surface area contributed by atoms with Gasteiger partial charge in [-0.1, -0.05) is 0 Å². The van der Waals surface area contributed by atoms with Crippen LogP contribution in [-0.4, -0.2) is 71.4 Å². The molecule has 2 aromatic heterocycles. The van der Waals surface area contributed by atoms with E-state index in [-0.39, 0.29) is 18.4 Å². The van der Waals surface area contributed by atoms with Crippen LogP contribution in [0, 0.1) is 0 Å². The Balaban J connectivity index is 1.32. The normalized spacial score (nSPS) is 15.7. The Labute approximate surface area is 204 Å². The van der Waals surface area contributed by atoms with Crippen LogP contribution in [0.1, 0.15) is 31.2 Å². The summed E-state index contributed by atoms with van der Waals surface area (Å²) < 4.78 is 0. The van der Waals surface area contributed by atoms with Gasteiger partial charge >= 0.3 is 0 Å². The predicted molar refractivity (Wildman–Crippen MR) is 137 cm³/mol. The largest absolute Gasteiger partial charge is 0.367 e. The van der Waals surface area contributed by atoms with Crippen LogP contribution in [0.25, 0.3) is 11.0 Å². The summed E-state index contributed by atoms with van der Waals surface area (Å²) in [5, 5.41) is 10.7. The van der Waals surface area contributed by atoms with Gasteiger partial charge in [-0.15, -0.1) is 0 Å². The van der Waals surface area contributed by atoms with E-state index in [9.17, 15) is 9.59 Å². The molecule has 35 heavy (non-hydrogen) atoms. The molecule has 0 spiro atoms. The van der Waals surface area contributed by atoms with E-state index in [0.29, 0.717) is 31.4 Å². The minimum atomic E-state index is -0.158. The Morgan fingerprint density at radius 3 is 2.83 bits per heavy atom. The van der Waals surface area contributed by atoms with Crippen molar-refractivity contribution in [2.24, 2.45) is 0 Å². The fourth-order valence-corrected chi connectivity index (χ4v) is 4.41. The van der Waals surface area contributed by atoms with E-state index in [1.165, 1.54) is 6.42 Å². The number of fused-ring (bicyclic) bond motifs is 2. The van der Waals surface area contributed by atoms with Crippen molar-refractivity contribution in [3.8, 4) is 0 Å². The van der Waals surface area contributed by atoms with Crippen LogP contribution in [-0.2, 0) is 16.0 Å². The van der Waals surface area contributed by atoms with Gasteiger partial charge in [0.2, 0.25) is 17.8 Å². The molecule has 0 atom stereocenters. The zero-order valence-electron chi connectivity index (χ0n) is 20.2. The number of rotatable bonds is 9. The standard InChI is InChI=1S/C25H32N8O2/c1-32(2)13-12-26-21(34)15-33-20-8-7-18(14-16(20)6-9-22(33)35)29-25-30-23-19(10-11-27-23)24(31-25)28-17-4-3-5-17/h7-8,10-11,14,17H,3-6,9,12-13,15H2,1-2H3,(H,26,34)(H3,27,28,29,30,31). The third-order valence-corrected chi connectivity index (χ3v) is 6.58. The minimum Gasteiger partial charge on any atom is -0.367 e. The summed E-state index contributed by atoms with van der Waals surface area (Å²) in [5.74, 6) is 1.15. The van der Waals surface area contributed by atoms with Crippen molar-refractivity contribution in [1.29, 1.82) is 0 Å². The average molecular weight is 477 g/mol. The Hall–Kier alpha value is -3.66. The van der Waals surface area contributed by atoms with E-state index < -0.39 is 0 Å². The van der Waals surface area contributed by atoms with Gasteiger partial charge in [-0.25, -0.2) is 0 Å². The maximum atomic E-state index is 12.6. The highest BCUT2D eigenvalue weighted by molar-refractivity contribution is 6.01. The molecule has 4 N–H and O–H groups in total. The van der Waals surface area contributed by atoms with Gasteiger partial charge in [0.1, 0.15) is 18.0 Å². The van der Waals surface area contributed by atoms with Crippen molar-refractivity contribution in [2.75, 3.05) is 49.3 Å². The van der Waals surface area contributed by atoms with Crippen molar-refractivity contribution >= 4 is 46.0 Å². The number of aryl methyl sites for hydroxylation is 1. The molecular weight excluding hydrogens is 444 g/mol. The van der Waals surface area contributed by atoms with E-state index in [4.69, 9.17) is 4.98 Å². The SMILES string of the molecule is CN(C)CCNC(=O)CN1C(=O)CCc2cc(Nc3nc(NC4CCC4)c4cc[nH]c4n3)ccc21. The number of H-pyrrole nitrogens is 1. The summed E-state index contributed by atoms with van der Waals surface area (Å²) in [4.78, 5) is 41.1. The topological polar surface area (TPSA) is 118 Å². The lowest BCUT2D eigenvalue weighted by Gasteiger charge is -2.29. The van der Waals surface area contributed by atoms with Crippen molar-refractivity contribution in [1.82, 2.24) is 25.2 Å². The second-order valence-corrected chi connectivity index (χ2v) is 9.51. The molecule has 10 nitrogen and oxygen atoms in total. The number of benzene rings is 1. The highest BCUT2D eigenvalue weighted by Gasteiger charge is 2.26. The first kappa shape index (κ1) is 23.1. The number of nitrogens with one attached hydrogen (secondary N) is 4. The van der Waals surface area contributed by atoms with E-state index in [1.807, 2.05) is 49.5 Å². The molecule has 0 bridgehead atoms. The molecule has 184 valence electrons. The molecule has 0 unspecified atom stereocenters. The number of hydrogen-bond acceptors (Lipinski definition) is 7. The van der Waals surface area contributed by atoms with E-state index in [0.717, 1.165) is 53.2 Å². The van der Waals surface area contributed by atoms with Gasteiger partial charge in [0.25, 0.3) is 0 Å². The smallest absolute Gasteiger partial charge is 0.240 e. The molecule has 1 fully saturated rings. The fraction of sp³-hybridized carbons (Fsp3) is 0.440. The van der Waals surface area contributed by atoms with Crippen LogP contribution in [0.4, 0.5) is 23.1 Å². The zero-order valence-corrected chi connectivity index (χ0v) is 20.2. The molecule has 3 heterocycles. The number of aromatic amines is 1. The maximum Gasteiger partial charge on any atom is 0.240 e. The molecule has 10 heteroatoms. The molecule has 1 aliphatic heterocycles. The number of anilines is 4. The number of aromatic nitrogens is 3. The van der Waals surface area contributed by atoms with Crippen molar-refractivity contribution in [2.45, 2.75) is 38.1 Å². The van der Waals surface area contributed by atoms with Crippen LogP contribution >= 0.6 is 0 Å². The summed E-state index contributed by atoms with van der Waals surface area (Å²) >= 11 is 0. The van der Waals surface area contributed by atoms with Crippen LogP contribution in [0.3, 0.4) is 0 Å². The lowest BCUT2D eigenvalue weighted by molar-refractivity contribution is -0.124. The highest BCUT2D eigenvalue weighted by Crippen LogP contribution is 2.32. The van der Waals surface area contributed by atoms with Gasteiger partial charge < -0.3 is 30.7 Å². The maximum absolute atomic E-state index is 12.6. The van der Waals surface area contributed by atoms with Gasteiger partial charge in [0.15, 0.2) is 0 Å². The first-order valence-corrected chi connectivity index (χ1v) is 12.2. The molecule has 2 amide bonds. The third-order valence-electron chi connectivity index (χ3n) is 6.58. The molecule has 5 rings (SSSR count). The Morgan fingerprint density at radius 1 is 1.20 bits per heavy atom. The number of nitrogens with zero attached hydrogens (tertiary/aromatic N) is 4. The number of hydrogen-bond donors (Lipinski definition) is 4. The highest BCUT2D eigenvalue weighted by atomic mass is 16.2. The van der Waals surface area contributed by atoms with E-state index in [2.05, 4.69) is 25.9 Å². The van der Waals surface area contributed by atoms with Crippen LogP contribution in [0.5, 0.6) is 0 Å². The Morgan fingerprint density at radius 2 is 2.06 bits per heavy atom. The lowest BCUT2D eigenvalue weighted by atomic mass is 9.93. The lowest BCUT2D eigenvalue weighted by Crippen LogP contribution is -2.44. The monoisotopic (exact) mass is 476 g/mol. The van der Waals surface area contributed by atoms with Gasteiger partial charge in [0.05, 0.1) is 5.39 Å². The second kappa shape index (κ2) is 9.91. The fourth-order valence-electron chi connectivity index (χ4n) is 4.41. The predicted octanol–water partition coefficient (Wildman–Crippen LogP) is 2.62. The molecular formula is C25H32N8O2. The Kier molecular flexibility index (Phi) is 6.54. The number of carbonyl (C=O) groups excluding carboxylic acids is 2. The van der Waals surface area contributed by atoms with Crippen molar-refractivity contribution in [3.63, 3.8) is 0 Å². The van der Waals surface area contributed by atoms with Gasteiger partial charge in [-0.2, -0.15) is 9.97 Å². The third kappa shape index (κ3) is 5.22. The quantitative estimate of drug-likeness (QED) is 0.375. The van der Waals surface area contributed by atoms with Crippen LogP contribution < -0.4 is 20.9 Å². The van der Waals surface area contributed by atoms with Gasteiger partial charge in [-0.3, -0.25) is 9.59 Å². The first-order valence-electron chi connectivity index (χ1n) is 12.2.